The first kappa shape index (κ1) is 14.0. The summed E-state index contributed by atoms with van der Waals surface area (Å²) >= 11 is 0. The van der Waals surface area contributed by atoms with E-state index in [1.807, 2.05) is 0 Å². The van der Waals surface area contributed by atoms with Crippen LogP contribution in [0.3, 0.4) is 0 Å². The van der Waals surface area contributed by atoms with E-state index >= 15 is 0 Å². The lowest BCUT2D eigenvalue weighted by Gasteiger charge is -2.18. The monoisotopic (exact) mass is 280 g/mol. The summed E-state index contributed by atoms with van der Waals surface area (Å²) in [6, 6.07) is 5.44. The number of fused-ring (bicyclic) bond motifs is 1. The van der Waals surface area contributed by atoms with Crippen molar-refractivity contribution in [2.24, 2.45) is 0 Å². The molecule has 0 unspecified atom stereocenters. The third-order valence-corrected chi connectivity index (χ3v) is 2.71. The van der Waals surface area contributed by atoms with Gasteiger partial charge in [0.2, 0.25) is 0 Å². The Labute approximate surface area is 112 Å². The highest BCUT2D eigenvalue weighted by molar-refractivity contribution is 5.95. The molecule has 20 heavy (non-hydrogen) atoms. The molecule has 2 aromatic carbocycles. The van der Waals surface area contributed by atoms with Crippen molar-refractivity contribution in [2.75, 3.05) is 5.73 Å². The van der Waals surface area contributed by atoms with Crippen LogP contribution in [-0.2, 0) is 0 Å². The van der Waals surface area contributed by atoms with Crippen molar-refractivity contribution in [1.29, 1.82) is 5.26 Å². The van der Waals surface area contributed by atoms with Gasteiger partial charge in [0.05, 0.1) is 0 Å². The second kappa shape index (κ2) is 4.59. The van der Waals surface area contributed by atoms with E-state index in [1.54, 1.807) is 6.92 Å². The molecule has 0 atom stereocenters. The molecule has 0 bridgehead atoms. The molecule has 0 saturated carbocycles. The van der Waals surface area contributed by atoms with Crippen LogP contribution in [0.5, 0.6) is 5.75 Å². The molecule has 0 radical (unpaired) electrons. The number of anilines is 1. The molecule has 0 fully saturated rings. The third-order valence-electron chi connectivity index (χ3n) is 2.71. The second-order valence-corrected chi connectivity index (χ2v) is 4.24. The normalized spacial score (nSPS) is 11.4. The van der Waals surface area contributed by atoms with Gasteiger partial charge in [0.15, 0.2) is 5.75 Å². The van der Waals surface area contributed by atoms with Gasteiger partial charge in [-0.25, -0.2) is 4.39 Å². The number of nitrogens with two attached hydrogens (primary N) is 1. The number of alkyl halides is 1. The summed E-state index contributed by atoms with van der Waals surface area (Å²) in [5.74, 6) is -1.57. The summed E-state index contributed by atoms with van der Waals surface area (Å²) in [7, 11) is 0. The van der Waals surface area contributed by atoms with E-state index in [4.69, 9.17) is 21.2 Å². The molecule has 0 aliphatic rings. The third kappa shape index (κ3) is 2.47. The minimum absolute atomic E-state index is 0.169. The molecule has 0 saturated heterocycles. The van der Waals surface area contributed by atoms with Crippen LogP contribution >= 0.6 is 0 Å². The number of nitrogen functional groups attached to an aromatic ring is 1. The maximum absolute atomic E-state index is 13.8. The van der Waals surface area contributed by atoms with Crippen LogP contribution in [-0.4, -0.2) is 16.4 Å². The van der Waals surface area contributed by atoms with Gasteiger partial charge in [-0.1, -0.05) is 0 Å². The first-order chi connectivity index (χ1) is 9.23. The quantitative estimate of drug-likeness (QED) is 0.574. The van der Waals surface area contributed by atoms with E-state index in [-0.39, 0.29) is 10.8 Å². The number of rotatable bonds is 2. The summed E-state index contributed by atoms with van der Waals surface area (Å²) in [6.07, 6.45) is -4.03. The van der Waals surface area contributed by atoms with E-state index in [0.29, 0.717) is 11.3 Å². The van der Waals surface area contributed by atoms with Crippen LogP contribution in [0.4, 0.5) is 14.5 Å². The fourth-order valence-corrected chi connectivity index (χ4v) is 2.05. The molecular formula is C13H10F2N2O3. The molecule has 2 aromatic rings. The maximum Gasteiger partial charge on any atom is 0.492 e. The van der Waals surface area contributed by atoms with Crippen molar-refractivity contribution in [3.63, 3.8) is 0 Å². The number of hydrogen-bond donors (Lipinski definition) is 3. The van der Waals surface area contributed by atoms with Crippen molar-refractivity contribution in [1.82, 2.24) is 0 Å². The Bertz CT molecular complexity index is 733. The first-order valence-electron chi connectivity index (χ1n) is 5.48. The number of benzene rings is 2. The number of aryl methyl sites for hydroxylation is 1. The first-order valence-corrected chi connectivity index (χ1v) is 5.48. The predicted molar refractivity (Wildman–Crippen MR) is 66.7 cm³/mol. The minimum Gasteiger partial charge on any atom is -0.411 e. The van der Waals surface area contributed by atoms with E-state index in [9.17, 15) is 8.78 Å². The van der Waals surface area contributed by atoms with Gasteiger partial charge in [0.25, 0.3) is 0 Å². The predicted octanol–water partition coefficient (Wildman–Crippen LogP) is 1.69. The Hall–Kier alpha value is -2.43. The van der Waals surface area contributed by atoms with Gasteiger partial charge in [-0.2, -0.15) is 5.26 Å². The number of hydrogen-bond acceptors (Lipinski definition) is 5. The lowest BCUT2D eigenvalue weighted by molar-refractivity contribution is -0.375. The molecule has 5 nitrogen and oxygen atoms in total. The van der Waals surface area contributed by atoms with E-state index in [1.165, 1.54) is 18.2 Å². The summed E-state index contributed by atoms with van der Waals surface area (Å²) in [4.78, 5) is 0. The number of aliphatic hydroxyl groups is 2. The lowest BCUT2D eigenvalue weighted by atomic mass is 10.00. The summed E-state index contributed by atoms with van der Waals surface area (Å²) in [5, 5.41) is 26.7. The molecule has 0 heterocycles. The van der Waals surface area contributed by atoms with E-state index < -0.39 is 23.4 Å². The molecule has 104 valence electrons. The fraction of sp³-hybridized carbons (Fsp3) is 0.154. The molecule has 2 rings (SSSR count). The summed E-state index contributed by atoms with van der Waals surface area (Å²) < 4.78 is 31.0. The van der Waals surface area contributed by atoms with Crippen LogP contribution in [0, 0.1) is 24.1 Å². The largest absolute Gasteiger partial charge is 0.492 e. The van der Waals surface area contributed by atoms with E-state index in [0.717, 1.165) is 6.07 Å². The van der Waals surface area contributed by atoms with Gasteiger partial charge in [-0.3, -0.25) is 0 Å². The zero-order chi connectivity index (χ0) is 15.1. The van der Waals surface area contributed by atoms with Crippen molar-refractivity contribution in [2.45, 2.75) is 13.2 Å². The van der Waals surface area contributed by atoms with Gasteiger partial charge in [0, 0.05) is 11.1 Å². The average Bonchev–Trinajstić information content (AvgIpc) is 2.25. The molecule has 0 aromatic heterocycles. The van der Waals surface area contributed by atoms with Crippen LogP contribution in [0.2, 0.25) is 0 Å². The Morgan fingerprint density at radius 3 is 2.55 bits per heavy atom. The molecule has 4 N–H and O–H groups in total. The molecule has 7 heteroatoms. The number of nitriles is 1. The van der Waals surface area contributed by atoms with Crippen LogP contribution in [0.25, 0.3) is 10.8 Å². The zero-order valence-electron chi connectivity index (χ0n) is 10.3. The molecule has 0 aliphatic heterocycles. The SMILES string of the molecule is Cc1cc(N)cc2cc(F)c(C#N)c(OC(O)(O)F)c12. The Morgan fingerprint density at radius 1 is 1.35 bits per heavy atom. The highest BCUT2D eigenvalue weighted by Crippen LogP contribution is 2.37. The Kier molecular flexibility index (Phi) is 3.21. The maximum atomic E-state index is 13.8. The highest BCUT2D eigenvalue weighted by atomic mass is 19.2. The van der Waals surface area contributed by atoms with Gasteiger partial charge >= 0.3 is 6.23 Å². The van der Waals surface area contributed by atoms with Gasteiger partial charge in [-0.05, 0) is 36.1 Å². The number of halogens is 2. The number of nitrogens with zero attached hydrogens (tertiary/aromatic N) is 1. The van der Waals surface area contributed by atoms with E-state index in [2.05, 4.69) is 4.74 Å². The smallest absolute Gasteiger partial charge is 0.411 e. The number of ether oxygens (including phenoxy) is 1. The van der Waals surface area contributed by atoms with Gasteiger partial charge in [-0.15, -0.1) is 4.39 Å². The van der Waals surface area contributed by atoms with Crippen molar-refractivity contribution in [3.8, 4) is 11.8 Å². The van der Waals surface area contributed by atoms with Gasteiger partial charge < -0.3 is 20.7 Å². The van der Waals surface area contributed by atoms with Crippen molar-refractivity contribution >= 4 is 16.5 Å². The Morgan fingerprint density at radius 2 is 2.00 bits per heavy atom. The van der Waals surface area contributed by atoms with Crippen LogP contribution in [0.1, 0.15) is 11.1 Å². The molecule has 0 amide bonds. The van der Waals surface area contributed by atoms with Crippen molar-refractivity contribution in [3.05, 3.63) is 35.1 Å². The van der Waals surface area contributed by atoms with Gasteiger partial charge in [0.1, 0.15) is 17.4 Å². The minimum atomic E-state index is -4.03. The van der Waals surface area contributed by atoms with Crippen molar-refractivity contribution < 1.29 is 23.7 Å². The average molecular weight is 280 g/mol. The fourth-order valence-electron chi connectivity index (χ4n) is 2.05. The summed E-state index contributed by atoms with van der Waals surface area (Å²) in [5.41, 5.74) is 5.80. The Balaban J connectivity index is 2.89. The second-order valence-electron chi connectivity index (χ2n) is 4.24. The highest BCUT2D eigenvalue weighted by Gasteiger charge is 2.29. The molecule has 0 spiro atoms. The standard InChI is InChI=1S/C13H10F2N2O3/c1-6-2-8(17)3-7-4-10(14)9(5-16)12(11(6)7)20-13(15,18)19/h2-4,18-19H,17H2,1H3. The lowest BCUT2D eigenvalue weighted by Crippen LogP contribution is -2.29. The van der Waals surface area contributed by atoms with Crippen LogP contribution in [0.15, 0.2) is 18.2 Å². The summed E-state index contributed by atoms with van der Waals surface area (Å²) in [6.45, 7) is 1.58. The molecular weight excluding hydrogens is 270 g/mol. The zero-order valence-corrected chi connectivity index (χ0v) is 10.3. The topological polar surface area (TPSA) is 99.5 Å². The van der Waals surface area contributed by atoms with Crippen LogP contribution < -0.4 is 10.5 Å². The molecule has 0 aliphatic carbocycles.